The van der Waals surface area contributed by atoms with E-state index in [9.17, 15) is 0 Å². The van der Waals surface area contributed by atoms with Gasteiger partial charge in [0.15, 0.2) is 0 Å². The molecule has 0 amide bonds. The van der Waals surface area contributed by atoms with Gasteiger partial charge in [0.1, 0.15) is 44.7 Å². The van der Waals surface area contributed by atoms with E-state index in [4.69, 9.17) is 19.9 Å². The molecule has 16 heterocycles. The van der Waals surface area contributed by atoms with Gasteiger partial charge in [-0.05, 0) is 342 Å². The molecule has 0 saturated heterocycles. The topological polar surface area (TPSA) is 172 Å². The Morgan fingerprint density at radius 2 is 0.464 bits per heavy atom. The Labute approximate surface area is 796 Å². The van der Waals surface area contributed by atoms with Gasteiger partial charge in [0.05, 0.1) is 68.9 Å². The summed E-state index contributed by atoms with van der Waals surface area (Å²) in [5.74, 6) is 0. The van der Waals surface area contributed by atoms with E-state index < -0.39 is 0 Å². The Morgan fingerprint density at radius 1 is 0.164 bits per heavy atom. The van der Waals surface area contributed by atoms with Crippen molar-refractivity contribution in [2.75, 3.05) is 0 Å². The Morgan fingerprint density at radius 3 is 0.979 bits per heavy atom. The van der Waals surface area contributed by atoms with Crippen molar-refractivity contribution < 1.29 is 0 Å². The number of rotatable bonds is 0. The Bertz CT molecular complexity index is 10700. The fraction of sp³-hybridized carbons (Fsp3) is 0.0645. The molecule has 0 atom stereocenters. The number of aromatic nitrogens is 16. The van der Waals surface area contributed by atoms with Crippen molar-refractivity contribution >= 4 is 153 Å². The first-order valence-electron chi connectivity index (χ1n) is 48.1. The molecule has 8 aliphatic carbocycles. The van der Waals surface area contributed by atoms with Crippen LogP contribution in [0.3, 0.4) is 0 Å². The van der Waals surface area contributed by atoms with Gasteiger partial charge in [-0.15, -0.1) is 0 Å². The highest BCUT2D eigenvalue weighted by molar-refractivity contribution is 6.21. The van der Waals surface area contributed by atoms with E-state index in [0.717, 1.165) is 162 Å². The second-order valence-corrected chi connectivity index (χ2v) is 38.9. The molecule has 16 heteroatoms. The highest BCUT2D eigenvalue weighted by Gasteiger charge is 2.36. The first-order chi connectivity index (χ1) is 69.4. The van der Waals surface area contributed by atoms with Gasteiger partial charge >= 0.3 is 0 Å². The summed E-state index contributed by atoms with van der Waals surface area (Å²) in [6.07, 6.45) is 38.1. The van der Waals surface area contributed by atoms with Crippen molar-refractivity contribution in [3.63, 3.8) is 0 Å². The molecule has 0 spiro atoms. The predicted octanol–water partition coefficient (Wildman–Crippen LogP) is 26.9. The van der Waals surface area contributed by atoms with Gasteiger partial charge in [-0.1, -0.05) is 152 Å². The van der Waals surface area contributed by atoms with Gasteiger partial charge in [-0.3, -0.25) is 57.5 Å². The summed E-state index contributed by atoms with van der Waals surface area (Å²) in [7, 11) is 0. The number of pyridine rings is 12. The lowest BCUT2D eigenvalue weighted by molar-refractivity contribution is 1.22. The smallest absolute Gasteiger partial charge is 0.146 e. The maximum Gasteiger partial charge on any atom is 0.146 e. The van der Waals surface area contributed by atoms with Gasteiger partial charge in [0, 0.05) is 117 Å². The Balaban J connectivity index is 0.0000000829. The molecule has 0 unspecified atom stereocenters. The van der Waals surface area contributed by atoms with Gasteiger partial charge < -0.3 is 0 Å². The largest absolute Gasteiger partial charge is 0.291 e. The summed E-state index contributed by atoms with van der Waals surface area (Å²) in [6, 6.07) is 89.8. The van der Waals surface area contributed by atoms with Crippen LogP contribution in [0.25, 0.3) is 242 Å². The van der Waals surface area contributed by atoms with E-state index in [0.29, 0.717) is 0 Å². The molecule has 140 heavy (non-hydrogen) atoms. The SMILES string of the molecule is c1ccc2c(c1)Cc1cc3c(cc1-2)-c1ccc2c4cnccc4n4c5ccncc5nc4c2c1C3.c1ccc2c(c1)Cc1cc3c(cc1-2)Cc1cc2c(cc1-3)c1cnccc1n1c3ccncc3nc21.c1ccc2c(c1)Cc1ccc3c(c1-2)-c1ccc2c4cnccc4n4c5ccncc5nc4c2c1C3.c1ccc2c(c1)Cc1ccc3c(c1-2)Cc1cc2c(cc1-3)c1cnccc1n1c3ccncc3nc21. The van der Waals surface area contributed by atoms with E-state index in [1.807, 2.05) is 111 Å². The fourth-order valence-electron chi connectivity index (χ4n) is 26.1. The lowest BCUT2D eigenvalue weighted by Gasteiger charge is -2.13. The minimum atomic E-state index is 0.913. The van der Waals surface area contributed by atoms with E-state index in [1.165, 1.54) is 221 Å². The molecule has 0 radical (unpaired) electrons. The van der Waals surface area contributed by atoms with E-state index >= 15 is 0 Å². The number of hydrogen-bond donors (Lipinski definition) is 0. The van der Waals surface area contributed by atoms with Crippen LogP contribution in [-0.4, -0.2) is 77.4 Å². The molecule has 12 aromatic carbocycles. The van der Waals surface area contributed by atoms with Crippen LogP contribution in [0, 0.1) is 0 Å². The molecule has 16 aromatic heterocycles. The minimum absolute atomic E-state index is 0.913. The number of fused-ring (bicyclic) bond motifs is 60. The van der Waals surface area contributed by atoms with Crippen molar-refractivity contribution in [3.8, 4) is 89.0 Å². The first kappa shape index (κ1) is 75.1. The molecule has 16 nitrogen and oxygen atoms in total. The molecule has 36 rings (SSSR count). The lowest BCUT2D eigenvalue weighted by Crippen LogP contribution is -1.95. The molecule has 0 bridgehead atoms. The molecule has 648 valence electrons. The van der Waals surface area contributed by atoms with Crippen LogP contribution in [0.4, 0.5) is 0 Å². The number of benzene rings is 12. The molecular formula is C124H72N16. The summed E-state index contributed by atoms with van der Waals surface area (Å²) >= 11 is 0. The quantitative estimate of drug-likeness (QED) is 0.132. The van der Waals surface area contributed by atoms with Crippen LogP contribution < -0.4 is 0 Å². The Hall–Kier alpha value is -18.3. The van der Waals surface area contributed by atoms with Crippen LogP contribution >= 0.6 is 0 Å². The summed E-state index contributed by atoms with van der Waals surface area (Å²) in [5.41, 5.74) is 61.2. The zero-order valence-electron chi connectivity index (χ0n) is 75.1. The maximum atomic E-state index is 5.12. The normalized spacial score (nSPS) is 13.5. The van der Waals surface area contributed by atoms with Crippen molar-refractivity contribution in [3.05, 3.63) is 431 Å². The minimum Gasteiger partial charge on any atom is -0.291 e. The number of hydrogen-bond acceptors (Lipinski definition) is 12. The average Bonchev–Trinajstić information content (AvgIpc) is 1.55. The molecule has 8 aliphatic rings. The van der Waals surface area contributed by atoms with Crippen LogP contribution in [0.1, 0.15) is 89.0 Å². The second-order valence-electron chi connectivity index (χ2n) is 38.9. The van der Waals surface area contributed by atoms with E-state index in [-0.39, 0.29) is 0 Å². The summed E-state index contributed by atoms with van der Waals surface area (Å²) < 4.78 is 9.10. The molecule has 0 saturated carbocycles. The second kappa shape index (κ2) is 27.7. The summed E-state index contributed by atoms with van der Waals surface area (Å²) in [5, 5.41) is 14.3. The molecular weight excluding hydrogens is 1710 g/mol. The number of nitrogens with zero attached hydrogens (tertiary/aromatic N) is 16. The van der Waals surface area contributed by atoms with E-state index in [2.05, 4.69) is 288 Å². The highest BCUT2D eigenvalue weighted by atomic mass is 15.1. The van der Waals surface area contributed by atoms with Gasteiger partial charge in [0.25, 0.3) is 0 Å². The summed E-state index contributed by atoms with van der Waals surface area (Å²) in [4.78, 5) is 55.6. The van der Waals surface area contributed by atoms with Crippen molar-refractivity contribution in [2.45, 2.75) is 51.4 Å². The first-order valence-corrected chi connectivity index (χ1v) is 48.1. The lowest BCUT2D eigenvalue weighted by atomic mass is 9.92. The predicted molar refractivity (Wildman–Crippen MR) is 559 cm³/mol. The monoisotopic (exact) mass is 1780 g/mol. The fourth-order valence-corrected chi connectivity index (χ4v) is 26.1. The van der Waals surface area contributed by atoms with Crippen LogP contribution in [0.15, 0.2) is 342 Å². The molecule has 0 N–H and O–H groups in total. The zero-order valence-corrected chi connectivity index (χ0v) is 75.1. The highest BCUT2D eigenvalue weighted by Crippen LogP contribution is 2.56. The van der Waals surface area contributed by atoms with Gasteiger partial charge in [-0.25, -0.2) is 19.9 Å². The van der Waals surface area contributed by atoms with Crippen molar-refractivity contribution in [1.82, 2.24) is 77.4 Å². The van der Waals surface area contributed by atoms with Gasteiger partial charge in [0.2, 0.25) is 0 Å². The van der Waals surface area contributed by atoms with Crippen LogP contribution in [0.5, 0.6) is 0 Å². The molecule has 0 fully saturated rings. The molecule has 0 aliphatic heterocycles. The van der Waals surface area contributed by atoms with Crippen molar-refractivity contribution in [2.24, 2.45) is 0 Å². The third-order valence-corrected chi connectivity index (χ3v) is 32.0. The van der Waals surface area contributed by atoms with Crippen molar-refractivity contribution in [1.29, 1.82) is 0 Å². The van der Waals surface area contributed by atoms with Crippen LogP contribution in [0.2, 0.25) is 0 Å². The van der Waals surface area contributed by atoms with Crippen LogP contribution in [-0.2, 0) is 51.4 Å². The Kier molecular flexibility index (Phi) is 14.9. The molecule has 28 aromatic rings. The third kappa shape index (κ3) is 10.3. The third-order valence-electron chi connectivity index (χ3n) is 32.0. The summed E-state index contributed by atoms with van der Waals surface area (Å²) in [6.45, 7) is 0. The van der Waals surface area contributed by atoms with Gasteiger partial charge in [-0.2, -0.15) is 0 Å². The maximum absolute atomic E-state index is 5.12. The van der Waals surface area contributed by atoms with E-state index in [1.54, 1.807) is 0 Å². The average molecular weight is 1790 g/mol. The zero-order chi connectivity index (χ0) is 90.7. The number of imidazole rings is 4. The standard InChI is InChI=1S/4C31H18N4/c1-2-4-21-17(3-1)9-18-12-23-19(11-22(18)21)10-20-13-26-25(14-24(20)23)27-15-32-7-5-29(27)35-30-6-8-33-16-28(30)34-31(26)35;1-2-4-20-17(3-1)11-18-12-19-13-25-21(24(19)14-23(18)20)5-6-22-26-15-32-9-7-28(26)35-29-8-10-33-16-27(29)34-31(35)30(22)25;1-2-4-20-17(3-1)11-18-5-6-21-22-14-23-25(13-19(22)12-24(21)30(18)20)31-34-27-16-33-10-8-29(27)35(31)28-7-9-32-15-26(23)28;1-2-4-20-17(3-1)13-18-5-6-19-14-23-21(29(19)28(18)20)7-8-22-24-15-32-11-9-26(24)35-27-10-12-33-16-25(27)34-31(35)30(22)23/h1-8,11-16H,9-10H2;1-10,12,14-16H,11,13H2;1-10,13-16H,11-12H2;1-12,15-16H,13-14H2.